The summed E-state index contributed by atoms with van der Waals surface area (Å²) in [4.78, 5) is 16.2. The van der Waals surface area contributed by atoms with E-state index < -0.39 is 6.17 Å². The van der Waals surface area contributed by atoms with Gasteiger partial charge in [-0.15, -0.1) is 0 Å². The van der Waals surface area contributed by atoms with Crippen LogP contribution in [0, 0.1) is 5.82 Å². The first kappa shape index (κ1) is 17.4. The van der Waals surface area contributed by atoms with E-state index in [1.165, 1.54) is 23.9 Å². The first-order valence-electron chi connectivity index (χ1n) is 8.30. The maximum absolute atomic E-state index is 13.3. The van der Waals surface area contributed by atoms with E-state index in [4.69, 9.17) is 4.74 Å². The summed E-state index contributed by atoms with van der Waals surface area (Å²) in [6.45, 7) is 0. The van der Waals surface area contributed by atoms with Crippen LogP contribution in [0.4, 0.5) is 10.1 Å². The third-order valence-electron chi connectivity index (χ3n) is 4.23. The fourth-order valence-electron chi connectivity index (χ4n) is 2.92. The van der Waals surface area contributed by atoms with Crippen LogP contribution < -0.4 is 15.1 Å². The number of hydrogen-bond acceptors (Lipinski definition) is 6. The van der Waals surface area contributed by atoms with Crippen molar-refractivity contribution < 1.29 is 13.9 Å². The minimum atomic E-state index is -0.616. The molecule has 8 heteroatoms. The highest BCUT2D eigenvalue weighted by Gasteiger charge is 2.38. The third kappa shape index (κ3) is 3.35. The molecule has 0 radical (unpaired) electrons. The van der Waals surface area contributed by atoms with E-state index in [0.717, 1.165) is 5.56 Å². The summed E-state index contributed by atoms with van der Waals surface area (Å²) in [5.41, 5.74) is 4.40. The Bertz CT molecular complexity index is 933. The molecular formula is C19H17FN4O2S. The fourth-order valence-corrected chi connectivity index (χ4v) is 3.83. The Morgan fingerprint density at radius 3 is 2.89 bits per heavy atom. The van der Waals surface area contributed by atoms with Gasteiger partial charge in [0.25, 0.3) is 5.91 Å². The lowest BCUT2D eigenvalue weighted by Crippen LogP contribution is -2.52. The number of carbonyl (C=O) groups is 1. The molecule has 0 bridgehead atoms. The van der Waals surface area contributed by atoms with Crippen molar-refractivity contribution >= 4 is 28.5 Å². The molecule has 2 heterocycles. The van der Waals surface area contributed by atoms with Crippen molar-refractivity contribution in [2.24, 2.45) is 5.10 Å². The van der Waals surface area contributed by atoms with E-state index in [-0.39, 0.29) is 11.7 Å². The largest absolute Gasteiger partial charge is 0.495 e. The fraction of sp³-hybridized carbons (Fsp3) is 0.158. The molecule has 1 N–H and O–H groups in total. The molecular weight excluding hydrogens is 367 g/mol. The molecule has 4 rings (SSSR count). The zero-order chi connectivity index (χ0) is 18.8. The van der Waals surface area contributed by atoms with Gasteiger partial charge in [0.1, 0.15) is 11.6 Å². The molecule has 2 aromatic carbocycles. The minimum absolute atomic E-state index is 0.160. The first-order chi connectivity index (χ1) is 13.2. The molecule has 1 unspecified atom stereocenters. The van der Waals surface area contributed by atoms with Gasteiger partial charge < -0.3 is 4.74 Å². The second kappa shape index (κ2) is 7.32. The quantitative estimate of drug-likeness (QED) is 0.878. The topological polar surface area (TPSA) is 57.2 Å². The molecule has 0 aliphatic carbocycles. The summed E-state index contributed by atoms with van der Waals surface area (Å²) in [5, 5.41) is 4.93. The van der Waals surface area contributed by atoms with Gasteiger partial charge in [-0.2, -0.15) is 5.10 Å². The second-order valence-corrected chi connectivity index (χ2v) is 6.87. The molecule has 2 aliphatic rings. The number of anilines is 1. The number of halogens is 1. The van der Waals surface area contributed by atoms with Gasteiger partial charge in [-0.3, -0.25) is 20.0 Å². The zero-order valence-corrected chi connectivity index (χ0v) is 15.3. The number of ether oxygens (including phenoxy) is 1. The van der Waals surface area contributed by atoms with Gasteiger partial charge in [0, 0.05) is 18.2 Å². The summed E-state index contributed by atoms with van der Waals surface area (Å²) < 4.78 is 18.7. The first-order valence-corrected chi connectivity index (χ1v) is 9.29. The number of amidine groups is 1. The van der Waals surface area contributed by atoms with Gasteiger partial charge in [0.2, 0.25) is 6.17 Å². The number of nitrogens with one attached hydrogen (secondary N) is 1. The van der Waals surface area contributed by atoms with Gasteiger partial charge in [-0.1, -0.05) is 36.0 Å². The molecule has 2 aromatic rings. The smallest absolute Gasteiger partial charge is 0.276 e. The van der Waals surface area contributed by atoms with Crippen molar-refractivity contribution in [2.75, 3.05) is 12.0 Å². The molecule has 0 aromatic heterocycles. The van der Waals surface area contributed by atoms with Crippen molar-refractivity contribution in [3.8, 4) is 5.75 Å². The molecule has 1 amide bonds. The molecule has 0 fully saturated rings. The lowest BCUT2D eigenvalue weighted by molar-refractivity contribution is -0.122. The Hall–Kier alpha value is -3.00. The van der Waals surface area contributed by atoms with Crippen molar-refractivity contribution in [3.05, 3.63) is 72.3 Å². The highest BCUT2D eigenvalue weighted by atomic mass is 32.2. The molecule has 6 nitrogen and oxygen atoms in total. The maximum atomic E-state index is 13.3. The number of amides is 1. The van der Waals surface area contributed by atoms with Crippen LogP contribution in [0.5, 0.6) is 5.75 Å². The summed E-state index contributed by atoms with van der Waals surface area (Å²) in [5.74, 6) is 0.744. The number of benzene rings is 2. The highest BCUT2D eigenvalue weighted by Crippen LogP contribution is 2.32. The summed E-state index contributed by atoms with van der Waals surface area (Å²) >= 11 is 1.44. The van der Waals surface area contributed by atoms with Crippen LogP contribution in [0.25, 0.3) is 0 Å². The number of fused-ring (bicyclic) bond motifs is 1. The lowest BCUT2D eigenvalue weighted by Gasteiger charge is -2.32. The summed E-state index contributed by atoms with van der Waals surface area (Å²) in [6, 6.07) is 13.8. The van der Waals surface area contributed by atoms with Crippen LogP contribution in [0.3, 0.4) is 0 Å². The number of methoxy groups -OCH3 is 1. The lowest BCUT2D eigenvalue weighted by atomic mass is 10.2. The van der Waals surface area contributed by atoms with Gasteiger partial charge in [-0.05, 0) is 29.8 Å². The van der Waals surface area contributed by atoms with Crippen LogP contribution >= 0.6 is 11.8 Å². The number of hydrogen-bond donors (Lipinski definition) is 1. The Kier molecular flexibility index (Phi) is 4.72. The minimum Gasteiger partial charge on any atom is -0.495 e. The number of para-hydroxylation sites is 2. The van der Waals surface area contributed by atoms with Gasteiger partial charge in [-0.25, -0.2) is 4.39 Å². The van der Waals surface area contributed by atoms with Gasteiger partial charge >= 0.3 is 0 Å². The molecule has 27 heavy (non-hydrogen) atoms. The maximum Gasteiger partial charge on any atom is 0.276 e. The second-order valence-electron chi connectivity index (χ2n) is 5.93. The summed E-state index contributed by atoms with van der Waals surface area (Å²) in [7, 11) is 1.57. The molecule has 1 atom stereocenters. The number of rotatable bonds is 4. The molecule has 0 saturated carbocycles. The van der Waals surface area contributed by atoms with Crippen LogP contribution in [0.1, 0.15) is 5.56 Å². The van der Waals surface area contributed by atoms with E-state index in [9.17, 15) is 9.18 Å². The SMILES string of the molecule is COc1ccccc1N1C=CN2C(SCc3cccc(F)c3)=NNC2C1=O. The standard InChI is InChI=1S/C19H17FN4O2S/c1-26-16-8-3-2-7-15(16)23-9-10-24-17(18(23)25)21-22-19(24)27-12-13-5-4-6-14(20)11-13/h2-11,17,21H,12H2,1H3. The Balaban J connectivity index is 1.50. The Labute approximate surface area is 160 Å². The third-order valence-corrected chi connectivity index (χ3v) is 5.27. The number of carbonyl (C=O) groups excluding carboxylic acids is 1. The highest BCUT2D eigenvalue weighted by molar-refractivity contribution is 8.13. The molecule has 2 aliphatic heterocycles. The molecule has 0 saturated heterocycles. The number of nitrogens with zero attached hydrogens (tertiary/aromatic N) is 3. The van der Waals surface area contributed by atoms with E-state index in [1.54, 1.807) is 35.4 Å². The number of thioether (sulfide) groups is 1. The average molecular weight is 384 g/mol. The Morgan fingerprint density at radius 1 is 1.22 bits per heavy atom. The monoisotopic (exact) mass is 384 g/mol. The van der Waals surface area contributed by atoms with E-state index in [0.29, 0.717) is 22.4 Å². The van der Waals surface area contributed by atoms with E-state index in [1.807, 2.05) is 30.3 Å². The van der Waals surface area contributed by atoms with Crippen molar-refractivity contribution in [1.29, 1.82) is 0 Å². The summed E-state index contributed by atoms with van der Waals surface area (Å²) in [6.07, 6.45) is 2.88. The molecule has 138 valence electrons. The van der Waals surface area contributed by atoms with Gasteiger partial charge in [0.15, 0.2) is 5.17 Å². The van der Waals surface area contributed by atoms with Crippen molar-refractivity contribution in [3.63, 3.8) is 0 Å². The van der Waals surface area contributed by atoms with Crippen LogP contribution in [0.15, 0.2) is 66.0 Å². The zero-order valence-electron chi connectivity index (χ0n) is 14.5. The normalized spacial score (nSPS) is 18.2. The average Bonchev–Trinajstić information content (AvgIpc) is 3.11. The van der Waals surface area contributed by atoms with Crippen LogP contribution in [-0.4, -0.2) is 29.3 Å². The Morgan fingerprint density at radius 2 is 2.07 bits per heavy atom. The van der Waals surface area contributed by atoms with E-state index >= 15 is 0 Å². The predicted octanol–water partition coefficient (Wildman–Crippen LogP) is 3.09. The van der Waals surface area contributed by atoms with Crippen LogP contribution in [0.2, 0.25) is 0 Å². The number of hydrazone groups is 1. The predicted molar refractivity (Wildman–Crippen MR) is 104 cm³/mol. The molecule has 0 spiro atoms. The van der Waals surface area contributed by atoms with Crippen LogP contribution in [-0.2, 0) is 10.5 Å². The van der Waals surface area contributed by atoms with Gasteiger partial charge in [0.05, 0.1) is 12.8 Å². The van der Waals surface area contributed by atoms with Crippen molar-refractivity contribution in [1.82, 2.24) is 10.3 Å². The van der Waals surface area contributed by atoms with E-state index in [2.05, 4.69) is 10.5 Å². The van der Waals surface area contributed by atoms with Crippen molar-refractivity contribution in [2.45, 2.75) is 11.9 Å².